The monoisotopic (exact) mass is 252 g/mol. The van der Waals surface area contributed by atoms with Crippen molar-refractivity contribution in [2.75, 3.05) is 0 Å². The Kier molecular flexibility index (Phi) is 4.21. The summed E-state index contributed by atoms with van der Waals surface area (Å²) in [4.78, 5) is 5.94. The van der Waals surface area contributed by atoms with Crippen molar-refractivity contribution >= 4 is 11.3 Å². The van der Waals surface area contributed by atoms with Crippen LogP contribution in [0.1, 0.15) is 48.2 Å². The molecule has 17 heavy (non-hydrogen) atoms. The fourth-order valence-corrected chi connectivity index (χ4v) is 3.87. The van der Waals surface area contributed by atoms with Crippen LogP contribution >= 0.6 is 11.3 Å². The lowest BCUT2D eigenvalue weighted by molar-refractivity contribution is 0.245. The highest BCUT2D eigenvalue weighted by Gasteiger charge is 2.25. The summed E-state index contributed by atoms with van der Waals surface area (Å²) in [6.07, 6.45) is 6.34. The van der Waals surface area contributed by atoms with Crippen molar-refractivity contribution in [3.63, 3.8) is 0 Å². The molecule has 1 aliphatic rings. The molecule has 3 atom stereocenters. The first kappa shape index (κ1) is 13.0. The van der Waals surface area contributed by atoms with Crippen molar-refractivity contribution in [3.8, 4) is 0 Å². The van der Waals surface area contributed by atoms with Gasteiger partial charge in [-0.2, -0.15) is 0 Å². The van der Waals surface area contributed by atoms with Gasteiger partial charge in [0.25, 0.3) is 0 Å². The fourth-order valence-electron chi connectivity index (χ4n) is 2.86. The van der Waals surface area contributed by atoms with E-state index in [2.05, 4.69) is 25.8 Å². The lowest BCUT2D eigenvalue weighted by atomic mass is 9.78. The Morgan fingerprint density at radius 2 is 2.18 bits per heavy atom. The summed E-state index contributed by atoms with van der Waals surface area (Å²) in [5.41, 5.74) is 7.54. The molecule has 0 bridgehead atoms. The summed E-state index contributed by atoms with van der Waals surface area (Å²) < 4.78 is 0. The van der Waals surface area contributed by atoms with Crippen molar-refractivity contribution in [2.45, 2.75) is 58.9 Å². The number of hydrogen-bond donors (Lipinski definition) is 1. The summed E-state index contributed by atoms with van der Waals surface area (Å²) in [5, 5.41) is 1.23. The third-order valence-electron chi connectivity index (χ3n) is 4.07. The maximum atomic E-state index is 6.37. The number of aryl methyl sites for hydroxylation is 2. The lowest BCUT2D eigenvalue weighted by Crippen LogP contribution is -2.35. The molecule has 2 nitrogen and oxygen atoms in total. The van der Waals surface area contributed by atoms with Crippen LogP contribution in [0.25, 0.3) is 0 Å². The first-order valence-corrected chi connectivity index (χ1v) is 7.56. The molecule has 0 radical (unpaired) electrons. The minimum Gasteiger partial charge on any atom is -0.327 e. The van der Waals surface area contributed by atoms with Gasteiger partial charge in [0.1, 0.15) is 0 Å². The van der Waals surface area contributed by atoms with Gasteiger partial charge in [-0.3, -0.25) is 0 Å². The summed E-state index contributed by atoms with van der Waals surface area (Å²) >= 11 is 1.82. The van der Waals surface area contributed by atoms with Gasteiger partial charge in [-0.1, -0.05) is 19.8 Å². The number of aromatic nitrogens is 1. The quantitative estimate of drug-likeness (QED) is 0.895. The van der Waals surface area contributed by atoms with Gasteiger partial charge < -0.3 is 5.73 Å². The Labute approximate surface area is 109 Å². The molecule has 1 heterocycles. The zero-order valence-electron chi connectivity index (χ0n) is 11.2. The Balaban J connectivity index is 1.94. The van der Waals surface area contributed by atoms with E-state index in [4.69, 9.17) is 5.73 Å². The molecule has 1 aromatic rings. The van der Waals surface area contributed by atoms with Gasteiger partial charge in [0.2, 0.25) is 0 Å². The zero-order valence-corrected chi connectivity index (χ0v) is 12.0. The molecule has 0 spiro atoms. The second kappa shape index (κ2) is 5.49. The highest BCUT2D eigenvalue weighted by atomic mass is 32.1. The SMILES string of the molecule is Cc1nc(CC(N)C2CCCC(C)C2)sc1C. The second-order valence-electron chi connectivity index (χ2n) is 5.65. The molecule has 0 saturated heterocycles. The maximum Gasteiger partial charge on any atom is 0.0946 e. The van der Waals surface area contributed by atoms with Gasteiger partial charge >= 0.3 is 0 Å². The van der Waals surface area contributed by atoms with Gasteiger partial charge in [0.05, 0.1) is 10.7 Å². The Morgan fingerprint density at radius 3 is 2.76 bits per heavy atom. The zero-order chi connectivity index (χ0) is 12.4. The van der Waals surface area contributed by atoms with Crippen molar-refractivity contribution in [1.29, 1.82) is 0 Å². The highest BCUT2D eigenvalue weighted by Crippen LogP contribution is 2.31. The van der Waals surface area contributed by atoms with Crippen molar-refractivity contribution < 1.29 is 0 Å². The van der Waals surface area contributed by atoms with Crippen LogP contribution in [0, 0.1) is 25.7 Å². The Hall–Kier alpha value is -0.410. The molecule has 3 unspecified atom stereocenters. The molecule has 3 heteroatoms. The van der Waals surface area contributed by atoms with Gasteiger partial charge in [0.15, 0.2) is 0 Å². The number of thiazole rings is 1. The molecule has 0 amide bonds. The van der Waals surface area contributed by atoms with Crippen molar-refractivity contribution in [2.24, 2.45) is 17.6 Å². The number of nitrogens with two attached hydrogens (primary N) is 1. The summed E-state index contributed by atoms with van der Waals surface area (Å²) in [6.45, 7) is 6.59. The number of rotatable bonds is 3. The van der Waals surface area contributed by atoms with Gasteiger partial charge in [0, 0.05) is 17.3 Å². The Morgan fingerprint density at radius 1 is 1.41 bits per heavy atom. The van der Waals surface area contributed by atoms with Crippen LogP contribution in [0.15, 0.2) is 0 Å². The van der Waals surface area contributed by atoms with E-state index in [-0.39, 0.29) is 0 Å². The smallest absolute Gasteiger partial charge is 0.0946 e. The summed E-state index contributed by atoms with van der Waals surface area (Å²) in [5.74, 6) is 1.57. The molecule has 2 rings (SSSR count). The topological polar surface area (TPSA) is 38.9 Å². The molecular weight excluding hydrogens is 228 g/mol. The second-order valence-corrected chi connectivity index (χ2v) is 6.94. The van der Waals surface area contributed by atoms with E-state index in [0.29, 0.717) is 12.0 Å². The van der Waals surface area contributed by atoms with Gasteiger partial charge in [-0.05, 0) is 38.5 Å². The summed E-state index contributed by atoms with van der Waals surface area (Å²) in [6, 6.07) is 0.308. The molecule has 1 fully saturated rings. The predicted molar refractivity (Wildman–Crippen MR) is 74.4 cm³/mol. The lowest BCUT2D eigenvalue weighted by Gasteiger charge is -2.30. The number of nitrogens with zero attached hydrogens (tertiary/aromatic N) is 1. The van der Waals surface area contributed by atoms with Crippen LogP contribution in [-0.2, 0) is 6.42 Å². The molecule has 1 aromatic heterocycles. The summed E-state index contributed by atoms with van der Waals surface area (Å²) in [7, 11) is 0. The van der Waals surface area contributed by atoms with Gasteiger partial charge in [-0.15, -0.1) is 11.3 Å². The first-order valence-electron chi connectivity index (χ1n) is 6.74. The standard InChI is InChI=1S/C14H24N2S/c1-9-5-4-6-12(7-9)13(15)8-14-16-10(2)11(3)17-14/h9,12-13H,4-8,15H2,1-3H3. The minimum absolute atomic E-state index is 0.308. The first-order chi connectivity index (χ1) is 8.06. The predicted octanol–water partition coefficient (Wildman–Crippen LogP) is 3.46. The molecule has 1 aliphatic carbocycles. The van der Waals surface area contributed by atoms with Crippen LogP contribution in [0.2, 0.25) is 0 Å². The fraction of sp³-hybridized carbons (Fsp3) is 0.786. The van der Waals surface area contributed by atoms with E-state index >= 15 is 0 Å². The third kappa shape index (κ3) is 3.29. The van der Waals surface area contributed by atoms with Crippen LogP contribution in [0.5, 0.6) is 0 Å². The van der Waals surface area contributed by atoms with E-state index < -0.39 is 0 Å². The normalized spacial score (nSPS) is 27.1. The third-order valence-corrected chi connectivity index (χ3v) is 5.16. The highest BCUT2D eigenvalue weighted by molar-refractivity contribution is 7.11. The van der Waals surface area contributed by atoms with Crippen LogP contribution in [-0.4, -0.2) is 11.0 Å². The van der Waals surface area contributed by atoms with Gasteiger partial charge in [-0.25, -0.2) is 4.98 Å². The molecule has 2 N–H and O–H groups in total. The van der Waals surface area contributed by atoms with Crippen LogP contribution in [0.3, 0.4) is 0 Å². The number of hydrogen-bond acceptors (Lipinski definition) is 3. The molecule has 0 aliphatic heterocycles. The van der Waals surface area contributed by atoms with E-state index in [9.17, 15) is 0 Å². The average Bonchev–Trinajstić information content (AvgIpc) is 2.58. The minimum atomic E-state index is 0.308. The molecule has 0 aromatic carbocycles. The van der Waals surface area contributed by atoms with Crippen molar-refractivity contribution in [1.82, 2.24) is 4.98 Å². The largest absolute Gasteiger partial charge is 0.327 e. The van der Waals surface area contributed by atoms with E-state index in [1.54, 1.807) is 0 Å². The van der Waals surface area contributed by atoms with E-state index in [0.717, 1.165) is 12.3 Å². The Bertz CT molecular complexity index is 353. The van der Waals surface area contributed by atoms with Crippen LogP contribution in [0.4, 0.5) is 0 Å². The van der Waals surface area contributed by atoms with Crippen molar-refractivity contribution in [3.05, 3.63) is 15.6 Å². The molecular formula is C14H24N2S. The van der Waals surface area contributed by atoms with E-state index in [1.807, 2.05) is 11.3 Å². The van der Waals surface area contributed by atoms with E-state index in [1.165, 1.54) is 41.3 Å². The maximum absolute atomic E-state index is 6.37. The van der Waals surface area contributed by atoms with Crippen LogP contribution < -0.4 is 5.73 Å². The molecule has 1 saturated carbocycles. The average molecular weight is 252 g/mol. The molecule has 96 valence electrons.